The third-order valence-electron chi connectivity index (χ3n) is 5.29. The van der Waals surface area contributed by atoms with E-state index in [0.717, 1.165) is 51.0 Å². The van der Waals surface area contributed by atoms with Crippen LogP contribution in [0.15, 0.2) is 59.0 Å². The lowest BCUT2D eigenvalue weighted by atomic mass is 9.91. The van der Waals surface area contributed by atoms with Gasteiger partial charge in [-0.05, 0) is 53.4 Å². The fourth-order valence-corrected chi connectivity index (χ4v) is 3.96. The summed E-state index contributed by atoms with van der Waals surface area (Å²) in [6.07, 6.45) is 0.731. The molecular weight excluding hydrogens is 340 g/mol. The van der Waals surface area contributed by atoms with E-state index in [4.69, 9.17) is 18.6 Å². The molecule has 2 heterocycles. The van der Waals surface area contributed by atoms with E-state index in [-0.39, 0.29) is 6.10 Å². The summed E-state index contributed by atoms with van der Waals surface area (Å²) >= 11 is 0. The van der Waals surface area contributed by atoms with Gasteiger partial charge < -0.3 is 18.6 Å². The molecule has 1 atom stereocenters. The topological polar surface area (TPSA) is 40.8 Å². The van der Waals surface area contributed by atoms with Gasteiger partial charge in [-0.2, -0.15) is 0 Å². The van der Waals surface area contributed by atoms with Crippen molar-refractivity contribution in [2.45, 2.75) is 12.5 Å². The summed E-state index contributed by atoms with van der Waals surface area (Å²) in [7, 11) is 3.33. The Balaban J connectivity index is 1.66. The van der Waals surface area contributed by atoms with Crippen molar-refractivity contribution in [1.82, 2.24) is 0 Å². The van der Waals surface area contributed by atoms with Crippen LogP contribution < -0.4 is 9.47 Å². The van der Waals surface area contributed by atoms with E-state index in [1.165, 1.54) is 5.56 Å². The predicted octanol–water partition coefficient (Wildman–Crippen LogP) is 5.27. The van der Waals surface area contributed by atoms with E-state index < -0.39 is 0 Å². The van der Waals surface area contributed by atoms with E-state index in [0.29, 0.717) is 6.61 Å². The van der Waals surface area contributed by atoms with Crippen LogP contribution in [0.3, 0.4) is 0 Å². The summed E-state index contributed by atoms with van der Waals surface area (Å²) in [4.78, 5) is 0. The van der Waals surface area contributed by atoms with Crippen molar-refractivity contribution in [1.29, 1.82) is 0 Å². The Labute approximate surface area is 157 Å². The van der Waals surface area contributed by atoms with Crippen LogP contribution in [0.1, 0.15) is 22.8 Å². The van der Waals surface area contributed by atoms with E-state index >= 15 is 0 Å². The summed E-state index contributed by atoms with van der Waals surface area (Å²) < 4.78 is 23.1. The van der Waals surface area contributed by atoms with E-state index in [1.54, 1.807) is 14.2 Å². The molecule has 5 rings (SSSR count). The number of rotatable bonds is 3. The Morgan fingerprint density at radius 2 is 1.63 bits per heavy atom. The lowest BCUT2D eigenvalue weighted by Crippen LogP contribution is -2.17. The van der Waals surface area contributed by atoms with Gasteiger partial charge in [-0.25, -0.2) is 0 Å². The molecule has 136 valence electrons. The molecule has 4 nitrogen and oxygen atoms in total. The summed E-state index contributed by atoms with van der Waals surface area (Å²) in [6, 6.07) is 18.5. The molecule has 0 fully saturated rings. The average molecular weight is 360 g/mol. The lowest BCUT2D eigenvalue weighted by Gasteiger charge is -2.27. The molecule has 3 aromatic carbocycles. The average Bonchev–Trinajstić information content (AvgIpc) is 3.10. The summed E-state index contributed by atoms with van der Waals surface area (Å²) in [5.74, 6) is 1.48. The fourth-order valence-electron chi connectivity index (χ4n) is 3.96. The smallest absolute Gasteiger partial charge is 0.161 e. The van der Waals surface area contributed by atoms with Crippen molar-refractivity contribution in [3.05, 3.63) is 71.3 Å². The Bertz CT molecular complexity index is 1140. The standard InChI is InChI=1S/C23H20O4/c1-24-21-12-14-9-10-26-23(17(14)13-22(21)25-2)15-7-8-20-18(11-15)16-5-3-4-6-19(16)27-20/h3-8,11-13,23H,9-10H2,1-2H3. The number of benzene rings is 3. The highest BCUT2D eigenvalue weighted by atomic mass is 16.5. The van der Waals surface area contributed by atoms with Crippen LogP contribution in [-0.4, -0.2) is 20.8 Å². The van der Waals surface area contributed by atoms with Gasteiger partial charge in [-0.3, -0.25) is 0 Å². The van der Waals surface area contributed by atoms with Crippen molar-refractivity contribution >= 4 is 21.9 Å². The van der Waals surface area contributed by atoms with Gasteiger partial charge in [0.2, 0.25) is 0 Å². The fraction of sp³-hybridized carbons (Fsp3) is 0.217. The molecule has 1 aliphatic rings. The maximum atomic E-state index is 6.17. The minimum absolute atomic E-state index is 0.133. The normalized spacial score (nSPS) is 16.4. The molecule has 0 N–H and O–H groups in total. The van der Waals surface area contributed by atoms with Crippen molar-refractivity contribution in [3.8, 4) is 11.5 Å². The van der Waals surface area contributed by atoms with Crippen molar-refractivity contribution in [3.63, 3.8) is 0 Å². The first-order chi connectivity index (χ1) is 13.3. The van der Waals surface area contributed by atoms with Crippen LogP contribution in [0.2, 0.25) is 0 Å². The summed E-state index contributed by atoms with van der Waals surface area (Å²) in [5.41, 5.74) is 5.28. The summed E-state index contributed by atoms with van der Waals surface area (Å²) in [5, 5.41) is 2.23. The van der Waals surface area contributed by atoms with Crippen LogP contribution in [0.4, 0.5) is 0 Å². The largest absolute Gasteiger partial charge is 0.493 e. The monoisotopic (exact) mass is 360 g/mol. The number of hydrogen-bond donors (Lipinski definition) is 0. The van der Waals surface area contributed by atoms with Gasteiger partial charge >= 0.3 is 0 Å². The van der Waals surface area contributed by atoms with Gasteiger partial charge in [-0.15, -0.1) is 0 Å². The van der Waals surface area contributed by atoms with Gasteiger partial charge in [0, 0.05) is 10.8 Å². The van der Waals surface area contributed by atoms with Crippen molar-refractivity contribution in [2.24, 2.45) is 0 Å². The Morgan fingerprint density at radius 3 is 2.48 bits per heavy atom. The molecule has 4 aromatic rings. The Hall–Kier alpha value is -2.98. The van der Waals surface area contributed by atoms with Crippen molar-refractivity contribution in [2.75, 3.05) is 20.8 Å². The number of methoxy groups -OCH3 is 2. The molecular formula is C23H20O4. The minimum Gasteiger partial charge on any atom is -0.493 e. The molecule has 0 bridgehead atoms. The van der Waals surface area contributed by atoms with Gasteiger partial charge in [0.25, 0.3) is 0 Å². The third kappa shape index (κ3) is 2.56. The predicted molar refractivity (Wildman–Crippen MR) is 105 cm³/mol. The third-order valence-corrected chi connectivity index (χ3v) is 5.29. The van der Waals surface area contributed by atoms with E-state index in [9.17, 15) is 0 Å². The van der Waals surface area contributed by atoms with Crippen LogP contribution in [0, 0.1) is 0 Å². The first kappa shape index (κ1) is 16.2. The van der Waals surface area contributed by atoms with Gasteiger partial charge in [0.15, 0.2) is 11.5 Å². The first-order valence-corrected chi connectivity index (χ1v) is 9.06. The highest BCUT2D eigenvalue weighted by Gasteiger charge is 2.25. The zero-order valence-corrected chi connectivity index (χ0v) is 15.3. The number of fused-ring (bicyclic) bond motifs is 4. The Kier molecular flexibility index (Phi) is 3.80. The zero-order chi connectivity index (χ0) is 18.4. The van der Waals surface area contributed by atoms with Crippen LogP contribution in [0.5, 0.6) is 11.5 Å². The second-order valence-electron chi connectivity index (χ2n) is 6.76. The van der Waals surface area contributed by atoms with Crippen LogP contribution >= 0.6 is 0 Å². The maximum Gasteiger partial charge on any atom is 0.161 e. The van der Waals surface area contributed by atoms with Gasteiger partial charge in [0.1, 0.15) is 17.3 Å². The molecule has 0 radical (unpaired) electrons. The van der Waals surface area contributed by atoms with Crippen molar-refractivity contribution < 1.29 is 18.6 Å². The second-order valence-corrected chi connectivity index (χ2v) is 6.76. The molecule has 1 aromatic heterocycles. The highest BCUT2D eigenvalue weighted by Crippen LogP contribution is 2.41. The molecule has 4 heteroatoms. The number of hydrogen-bond acceptors (Lipinski definition) is 4. The van der Waals surface area contributed by atoms with E-state index in [2.05, 4.69) is 24.3 Å². The molecule has 0 saturated heterocycles. The Morgan fingerprint density at radius 1 is 0.852 bits per heavy atom. The molecule has 1 unspecified atom stereocenters. The van der Waals surface area contributed by atoms with Gasteiger partial charge in [0.05, 0.1) is 20.8 Å². The minimum atomic E-state index is -0.133. The SMILES string of the molecule is COc1cc2c(cc1OC)C(c1ccc3oc4ccccc4c3c1)OCC2. The van der Waals surface area contributed by atoms with Crippen LogP contribution in [0.25, 0.3) is 21.9 Å². The molecule has 1 aliphatic heterocycles. The summed E-state index contributed by atoms with van der Waals surface area (Å²) in [6.45, 7) is 0.678. The molecule has 0 spiro atoms. The molecule has 0 amide bonds. The lowest BCUT2D eigenvalue weighted by molar-refractivity contribution is 0.0696. The van der Waals surface area contributed by atoms with E-state index in [1.807, 2.05) is 30.3 Å². The van der Waals surface area contributed by atoms with Crippen LogP contribution in [-0.2, 0) is 11.2 Å². The van der Waals surface area contributed by atoms with Gasteiger partial charge in [-0.1, -0.05) is 24.3 Å². The first-order valence-electron chi connectivity index (χ1n) is 9.06. The maximum absolute atomic E-state index is 6.17. The number of ether oxygens (including phenoxy) is 3. The molecule has 27 heavy (non-hydrogen) atoms. The molecule has 0 aliphatic carbocycles. The highest BCUT2D eigenvalue weighted by molar-refractivity contribution is 6.05. The quantitative estimate of drug-likeness (QED) is 0.499. The molecule has 0 saturated carbocycles. The second kappa shape index (κ2) is 6.32. The number of furan rings is 1. The number of para-hydroxylation sites is 1. The zero-order valence-electron chi connectivity index (χ0n) is 15.3.